The predicted octanol–water partition coefficient (Wildman–Crippen LogP) is 6.42. The van der Waals surface area contributed by atoms with E-state index in [9.17, 15) is 13.2 Å². The number of sulfonamides is 1. The van der Waals surface area contributed by atoms with Crippen LogP contribution < -0.4 is 19.5 Å². The molecule has 0 fully saturated rings. The van der Waals surface area contributed by atoms with Crippen LogP contribution in [0.4, 0.5) is 4.79 Å². The molecule has 0 aliphatic rings. The van der Waals surface area contributed by atoms with E-state index in [2.05, 4.69) is 20.6 Å². The van der Waals surface area contributed by atoms with Gasteiger partial charge in [-0.2, -0.15) is 9.10 Å². The van der Waals surface area contributed by atoms with Crippen LogP contribution in [0.15, 0.2) is 125 Å². The summed E-state index contributed by atoms with van der Waals surface area (Å²) in [5.41, 5.74) is 2.22. The molecule has 64 heavy (non-hydrogen) atoms. The Labute approximate surface area is 371 Å². The monoisotopic (exact) mass is 908 g/mol. The second-order valence-electron chi connectivity index (χ2n) is 15.6. The summed E-state index contributed by atoms with van der Waals surface area (Å²) >= 11 is 0. The standard InChI is InChI=1S/C45H48N8O9S2/c1-45(2,3)62-44(54)47-24-27-63(55,56)39-22-21-37(38-8-7-25-51-26-23-46-43(38)51)40(42-48-50-53(49-42)30-33-13-19-36(61-6)20-14-33)41(39)64(57,58)52(28-31-9-15-34(59-4)16-10-31)29-32-11-17-35(60-5)18-12-32/h7-23,25-26H,24,27-30H2,1-6H3,(H,47,54). The van der Waals surface area contributed by atoms with Crippen LogP contribution in [0.2, 0.25) is 0 Å². The van der Waals surface area contributed by atoms with Gasteiger partial charge in [-0.25, -0.2) is 26.6 Å². The minimum absolute atomic E-state index is 0.118. The van der Waals surface area contributed by atoms with Crippen molar-refractivity contribution < 1.29 is 40.6 Å². The van der Waals surface area contributed by atoms with Crippen LogP contribution in [0.25, 0.3) is 28.2 Å². The van der Waals surface area contributed by atoms with E-state index in [0.717, 1.165) is 5.56 Å². The van der Waals surface area contributed by atoms with Gasteiger partial charge in [-0.1, -0.05) is 42.5 Å². The molecule has 0 saturated heterocycles. The van der Waals surface area contributed by atoms with Crippen LogP contribution in [-0.4, -0.2) is 96.1 Å². The molecular weight excluding hydrogens is 861 g/mol. The first-order valence-corrected chi connectivity index (χ1v) is 23.1. The summed E-state index contributed by atoms with van der Waals surface area (Å²) in [6, 6.07) is 27.3. The molecule has 0 spiro atoms. The van der Waals surface area contributed by atoms with E-state index < -0.39 is 47.1 Å². The normalized spacial score (nSPS) is 12.0. The topological polar surface area (TPSA) is 198 Å². The van der Waals surface area contributed by atoms with Crippen molar-refractivity contribution in [3.63, 3.8) is 0 Å². The minimum atomic E-state index is -4.89. The number of hydrogen-bond donors (Lipinski definition) is 1. The number of benzene rings is 4. The summed E-state index contributed by atoms with van der Waals surface area (Å²) in [6.45, 7) is 4.41. The maximum Gasteiger partial charge on any atom is 0.407 e. The van der Waals surface area contributed by atoms with Crippen LogP contribution in [0, 0.1) is 0 Å². The van der Waals surface area contributed by atoms with E-state index in [0.29, 0.717) is 39.6 Å². The number of pyridine rings is 1. The summed E-state index contributed by atoms with van der Waals surface area (Å²) in [5, 5.41) is 15.9. The second-order valence-corrected chi connectivity index (χ2v) is 19.6. The molecule has 334 valence electrons. The predicted molar refractivity (Wildman–Crippen MR) is 238 cm³/mol. The van der Waals surface area contributed by atoms with Crippen molar-refractivity contribution >= 4 is 31.6 Å². The number of carbonyl (C=O) groups excluding carboxylic acids is 1. The molecule has 0 unspecified atom stereocenters. The maximum atomic E-state index is 15.9. The fraction of sp³-hybridized carbons (Fsp3) is 0.267. The van der Waals surface area contributed by atoms with Crippen molar-refractivity contribution in [2.45, 2.75) is 55.8 Å². The van der Waals surface area contributed by atoms with E-state index in [1.807, 2.05) is 12.1 Å². The van der Waals surface area contributed by atoms with E-state index in [1.54, 1.807) is 124 Å². The van der Waals surface area contributed by atoms with Gasteiger partial charge in [-0.3, -0.25) is 0 Å². The highest BCUT2D eigenvalue weighted by Gasteiger charge is 2.38. The van der Waals surface area contributed by atoms with Crippen molar-refractivity contribution in [2.24, 2.45) is 0 Å². The highest BCUT2D eigenvalue weighted by Crippen LogP contribution is 2.42. The summed E-state index contributed by atoms with van der Waals surface area (Å²) in [5.74, 6) is 0.935. The number of nitrogens with zero attached hydrogens (tertiary/aromatic N) is 7. The minimum Gasteiger partial charge on any atom is -0.497 e. The number of tetrazole rings is 1. The van der Waals surface area contributed by atoms with Gasteiger partial charge in [-0.05, 0) is 103 Å². The molecule has 7 aromatic rings. The maximum absolute atomic E-state index is 15.9. The molecule has 1 N–H and O–H groups in total. The Morgan fingerprint density at radius 3 is 1.88 bits per heavy atom. The second kappa shape index (κ2) is 18.9. The van der Waals surface area contributed by atoms with Gasteiger partial charge in [0.2, 0.25) is 15.8 Å². The lowest BCUT2D eigenvalue weighted by Crippen LogP contribution is -2.35. The van der Waals surface area contributed by atoms with E-state index in [-0.39, 0.29) is 43.1 Å². The zero-order chi connectivity index (χ0) is 45.6. The lowest BCUT2D eigenvalue weighted by atomic mass is 10.00. The van der Waals surface area contributed by atoms with Gasteiger partial charge < -0.3 is 28.7 Å². The molecule has 0 radical (unpaired) electrons. The number of methoxy groups -OCH3 is 3. The van der Waals surface area contributed by atoms with Crippen molar-refractivity contribution in [3.05, 3.63) is 132 Å². The number of hydrogen-bond acceptors (Lipinski definition) is 13. The molecule has 7 rings (SSSR count). The van der Waals surface area contributed by atoms with Crippen LogP contribution in [0.1, 0.15) is 37.5 Å². The van der Waals surface area contributed by atoms with Gasteiger partial charge in [0.05, 0.1) is 44.1 Å². The number of ether oxygens (including phenoxy) is 4. The quantitative estimate of drug-likeness (QED) is 0.105. The lowest BCUT2D eigenvalue weighted by Gasteiger charge is -2.26. The molecule has 0 aliphatic carbocycles. The largest absolute Gasteiger partial charge is 0.497 e. The first-order valence-electron chi connectivity index (χ1n) is 20.0. The average Bonchev–Trinajstić information content (AvgIpc) is 3.96. The Kier molecular flexibility index (Phi) is 13.3. The number of carbonyl (C=O) groups is 1. The third-order valence-corrected chi connectivity index (χ3v) is 13.8. The first-order chi connectivity index (χ1) is 30.6. The van der Waals surface area contributed by atoms with Crippen LogP contribution in [0.5, 0.6) is 17.2 Å². The smallest absolute Gasteiger partial charge is 0.407 e. The molecule has 1 amide bonds. The van der Waals surface area contributed by atoms with Gasteiger partial charge in [0.1, 0.15) is 33.4 Å². The van der Waals surface area contributed by atoms with E-state index in [1.165, 1.54) is 35.5 Å². The van der Waals surface area contributed by atoms with E-state index >= 15 is 8.42 Å². The van der Waals surface area contributed by atoms with Crippen molar-refractivity contribution in [1.82, 2.24) is 39.2 Å². The molecule has 0 atom stereocenters. The number of alkyl carbamates (subject to hydrolysis) is 1. The highest BCUT2D eigenvalue weighted by molar-refractivity contribution is 7.93. The number of sulfone groups is 1. The number of amides is 1. The molecule has 4 aromatic carbocycles. The number of rotatable bonds is 17. The third kappa shape index (κ3) is 10.3. The fourth-order valence-corrected chi connectivity index (χ4v) is 10.5. The number of nitrogens with one attached hydrogen (secondary N) is 1. The molecule has 19 heteroatoms. The van der Waals surface area contributed by atoms with Gasteiger partial charge in [0, 0.05) is 43.8 Å². The Bertz CT molecular complexity index is 2920. The lowest BCUT2D eigenvalue weighted by molar-refractivity contribution is 0.0531. The zero-order valence-corrected chi connectivity index (χ0v) is 37.8. The van der Waals surface area contributed by atoms with Crippen molar-refractivity contribution in [1.29, 1.82) is 0 Å². The summed E-state index contributed by atoms with van der Waals surface area (Å²) in [6.07, 6.45) is 4.29. The summed E-state index contributed by atoms with van der Waals surface area (Å²) < 4.78 is 85.8. The van der Waals surface area contributed by atoms with Crippen LogP contribution in [-0.2, 0) is 44.2 Å². The number of aromatic nitrogens is 6. The zero-order valence-electron chi connectivity index (χ0n) is 36.1. The molecule has 3 heterocycles. The molecular formula is C45H48N8O9S2. The Balaban J connectivity index is 1.46. The Morgan fingerprint density at radius 2 is 1.31 bits per heavy atom. The molecule has 0 saturated carbocycles. The Hall–Kier alpha value is -6.83. The van der Waals surface area contributed by atoms with Crippen LogP contribution >= 0.6 is 0 Å². The molecule has 0 aliphatic heterocycles. The van der Waals surface area contributed by atoms with Crippen molar-refractivity contribution in [2.75, 3.05) is 33.6 Å². The first kappa shape index (κ1) is 45.2. The van der Waals surface area contributed by atoms with Gasteiger partial charge >= 0.3 is 6.09 Å². The fourth-order valence-electron chi connectivity index (χ4n) is 6.91. The van der Waals surface area contributed by atoms with Crippen LogP contribution in [0.3, 0.4) is 0 Å². The molecule has 3 aromatic heterocycles. The third-order valence-electron chi connectivity index (χ3n) is 10.00. The van der Waals surface area contributed by atoms with E-state index in [4.69, 9.17) is 24.0 Å². The number of fused-ring (bicyclic) bond motifs is 1. The van der Waals surface area contributed by atoms with Gasteiger partial charge in [0.15, 0.2) is 9.84 Å². The Morgan fingerprint density at radius 1 is 0.734 bits per heavy atom. The van der Waals surface area contributed by atoms with Gasteiger partial charge in [0.25, 0.3) is 0 Å². The number of imidazole rings is 1. The molecule has 0 bridgehead atoms. The summed E-state index contributed by atoms with van der Waals surface area (Å²) in [4.78, 5) is 17.4. The average molecular weight is 909 g/mol. The van der Waals surface area contributed by atoms with Gasteiger partial charge in [-0.15, -0.1) is 10.2 Å². The van der Waals surface area contributed by atoms with Crippen molar-refractivity contribution in [3.8, 4) is 39.8 Å². The highest BCUT2D eigenvalue weighted by atomic mass is 32.2. The summed E-state index contributed by atoms with van der Waals surface area (Å²) in [7, 11) is -4.82. The molecule has 17 nitrogen and oxygen atoms in total. The SMILES string of the molecule is COc1ccc(CN(Cc2ccc(OC)cc2)S(=O)(=O)c2c(S(=O)(=O)CCNC(=O)OC(C)(C)C)ccc(-c3cccn4ccnc34)c2-c2nnn(Cc3ccc(OC)cc3)n2)cc1.